The molecule has 0 bridgehead atoms. The highest BCUT2D eigenvalue weighted by Gasteiger charge is 2.24. The lowest BCUT2D eigenvalue weighted by atomic mass is 10.3. The Morgan fingerprint density at radius 1 is 1.35 bits per heavy atom. The number of alkyl halides is 2. The number of rotatable bonds is 7. The lowest BCUT2D eigenvalue weighted by Crippen LogP contribution is -2.44. The molecule has 0 fully saturated rings. The normalized spacial score (nSPS) is 12.3. The molecular weight excluding hydrogens is 275 g/mol. The van der Waals surface area contributed by atoms with Crippen LogP contribution >= 0.6 is 0 Å². The number of halogens is 3. The van der Waals surface area contributed by atoms with Gasteiger partial charge in [0.05, 0.1) is 13.2 Å². The van der Waals surface area contributed by atoms with E-state index < -0.39 is 37.4 Å². The first-order chi connectivity index (χ1) is 9.43. The van der Waals surface area contributed by atoms with Crippen LogP contribution in [0.1, 0.15) is 6.92 Å². The maximum Gasteiger partial charge on any atom is 0.263 e. The molecule has 0 heterocycles. The fourth-order valence-corrected chi connectivity index (χ4v) is 1.60. The first-order valence-electron chi connectivity index (χ1n) is 6.04. The zero-order valence-corrected chi connectivity index (χ0v) is 10.9. The van der Waals surface area contributed by atoms with Crippen molar-refractivity contribution >= 4 is 5.91 Å². The van der Waals surface area contributed by atoms with E-state index in [2.05, 4.69) is 0 Å². The molecule has 112 valence electrons. The highest BCUT2D eigenvalue weighted by atomic mass is 19.3. The first kappa shape index (κ1) is 16.3. The third-order valence-corrected chi connectivity index (χ3v) is 2.51. The van der Waals surface area contributed by atoms with E-state index in [4.69, 9.17) is 9.84 Å². The predicted molar refractivity (Wildman–Crippen MR) is 66.2 cm³/mol. The molecule has 1 unspecified atom stereocenters. The quantitative estimate of drug-likeness (QED) is 0.831. The van der Waals surface area contributed by atoms with Crippen molar-refractivity contribution in [2.24, 2.45) is 0 Å². The van der Waals surface area contributed by atoms with Gasteiger partial charge in [0.25, 0.3) is 12.3 Å². The number of aliphatic hydroxyl groups is 1. The molecule has 0 saturated carbocycles. The summed E-state index contributed by atoms with van der Waals surface area (Å²) in [5.74, 6) is -0.854. The Labute approximate surface area is 114 Å². The summed E-state index contributed by atoms with van der Waals surface area (Å²) in [7, 11) is 0. The minimum absolute atomic E-state index is 0.194. The highest BCUT2D eigenvalue weighted by Crippen LogP contribution is 2.14. The fraction of sp³-hybridized carbons (Fsp3) is 0.462. The smallest absolute Gasteiger partial charge is 0.263 e. The second kappa shape index (κ2) is 7.74. The molecule has 4 nitrogen and oxygen atoms in total. The van der Waals surface area contributed by atoms with E-state index in [0.29, 0.717) is 0 Å². The molecule has 20 heavy (non-hydrogen) atoms. The van der Waals surface area contributed by atoms with Crippen LogP contribution in [0.2, 0.25) is 0 Å². The molecular formula is C13H16F3NO3. The van der Waals surface area contributed by atoms with Crippen LogP contribution in [0.25, 0.3) is 0 Å². The van der Waals surface area contributed by atoms with Gasteiger partial charge < -0.3 is 14.7 Å². The van der Waals surface area contributed by atoms with E-state index in [1.165, 1.54) is 19.1 Å². The van der Waals surface area contributed by atoms with Gasteiger partial charge >= 0.3 is 0 Å². The largest absolute Gasteiger partial charge is 0.481 e. The summed E-state index contributed by atoms with van der Waals surface area (Å²) in [6.45, 7) is 0.0278. The number of benzene rings is 1. The number of nitrogens with zero attached hydrogens (tertiary/aromatic N) is 1. The molecule has 1 atom stereocenters. The van der Waals surface area contributed by atoms with Crippen LogP contribution in [-0.4, -0.2) is 48.1 Å². The van der Waals surface area contributed by atoms with Gasteiger partial charge in [0.2, 0.25) is 0 Å². The van der Waals surface area contributed by atoms with E-state index >= 15 is 0 Å². The van der Waals surface area contributed by atoms with Crippen molar-refractivity contribution in [3.05, 3.63) is 30.1 Å². The van der Waals surface area contributed by atoms with E-state index in [-0.39, 0.29) is 12.3 Å². The van der Waals surface area contributed by atoms with Crippen molar-refractivity contribution in [1.82, 2.24) is 4.90 Å². The lowest BCUT2D eigenvalue weighted by Gasteiger charge is -2.25. The van der Waals surface area contributed by atoms with Crippen molar-refractivity contribution in [2.45, 2.75) is 19.5 Å². The topological polar surface area (TPSA) is 49.8 Å². The number of ether oxygens (including phenoxy) is 1. The average molecular weight is 291 g/mol. The number of hydrogen-bond donors (Lipinski definition) is 1. The van der Waals surface area contributed by atoms with Gasteiger partial charge in [-0.25, -0.2) is 13.2 Å². The molecule has 7 heteroatoms. The van der Waals surface area contributed by atoms with Gasteiger partial charge in [-0.05, 0) is 31.2 Å². The van der Waals surface area contributed by atoms with Crippen molar-refractivity contribution in [3.8, 4) is 5.75 Å². The van der Waals surface area contributed by atoms with Crippen LogP contribution < -0.4 is 4.74 Å². The molecule has 0 aliphatic rings. The molecule has 1 amide bonds. The van der Waals surface area contributed by atoms with E-state index in [0.717, 1.165) is 17.0 Å². The minimum atomic E-state index is -2.69. The zero-order valence-electron chi connectivity index (χ0n) is 10.9. The Bertz CT molecular complexity index is 425. The third kappa shape index (κ3) is 5.08. The maximum absolute atomic E-state index is 12.7. The van der Waals surface area contributed by atoms with Gasteiger partial charge in [0, 0.05) is 6.54 Å². The van der Waals surface area contributed by atoms with E-state index in [1.54, 1.807) is 0 Å². The number of carbonyl (C=O) groups excluding carboxylic acids is 1. The average Bonchev–Trinajstić information content (AvgIpc) is 2.39. The number of aliphatic hydroxyl groups excluding tert-OH is 1. The van der Waals surface area contributed by atoms with Gasteiger partial charge in [-0.1, -0.05) is 0 Å². The second-order valence-electron chi connectivity index (χ2n) is 4.11. The fourth-order valence-electron chi connectivity index (χ4n) is 1.60. The van der Waals surface area contributed by atoms with Crippen molar-refractivity contribution in [3.63, 3.8) is 0 Å². The van der Waals surface area contributed by atoms with Crippen molar-refractivity contribution in [1.29, 1.82) is 0 Å². The Morgan fingerprint density at radius 2 is 1.95 bits per heavy atom. The third-order valence-electron chi connectivity index (χ3n) is 2.51. The minimum Gasteiger partial charge on any atom is -0.481 e. The second-order valence-corrected chi connectivity index (χ2v) is 4.11. The van der Waals surface area contributed by atoms with Gasteiger partial charge in [0.1, 0.15) is 11.6 Å². The number of amides is 1. The Kier molecular flexibility index (Phi) is 6.30. The van der Waals surface area contributed by atoms with Gasteiger partial charge in [-0.2, -0.15) is 0 Å². The molecule has 1 aromatic carbocycles. The molecule has 0 aliphatic carbocycles. The Morgan fingerprint density at radius 3 is 2.45 bits per heavy atom. The monoisotopic (exact) mass is 291 g/mol. The summed E-state index contributed by atoms with van der Waals surface area (Å²) in [5, 5.41) is 8.78. The summed E-state index contributed by atoms with van der Waals surface area (Å²) in [5.41, 5.74) is 0. The number of hydrogen-bond acceptors (Lipinski definition) is 3. The molecule has 0 radical (unpaired) electrons. The summed E-state index contributed by atoms with van der Waals surface area (Å²) in [6.07, 6.45) is -3.70. The van der Waals surface area contributed by atoms with Crippen molar-refractivity contribution < 1.29 is 27.8 Å². The first-order valence-corrected chi connectivity index (χ1v) is 6.04. The van der Waals surface area contributed by atoms with Crippen LogP contribution in [0, 0.1) is 5.82 Å². The summed E-state index contributed by atoms with van der Waals surface area (Å²) in [4.78, 5) is 12.8. The van der Waals surface area contributed by atoms with E-state index in [1.807, 2.05) is 0 Å². The lowest BCUT2D eigenvalue weighted by molar-refractivity contribution is -0.140. The summed E-state index contributed by atoms with van der Waals surface area (Å²) >= 11 is 0. The highest BCUT2D eigenvalue weighted by molar-refractivity contribution is 5.80. The molecule has 0 aliphatic heterocycles. The molecule has 1 N–H and O–H groups in total. The Balaban J connectivity index is 2.65. The van der Waals surface area contributed by atoms with Gasteiger partial charge in [0.15, 0.2) is 6.10 Å². The SMILES string of the molecule is CC(Oc1ccc(F)cc1)C(=O)N(CCO)CC(F)F. The molecule has 0 saturated heterocycles. The van der Waals surface area contributed by atoms with Crippen LogP contribution in [0.15, 0.2) is 24.3 Å². The predicted octanol–water partition coefficient (Wildman–Crippen LogP) is 1.68. The van der Waals surface area contributed by atoms with Crippen LogP contribution in [-0.2, 0) is 4.79 Å². The Hall–Kier alpha value is -1.76. The van der Waals surface area contributed by atoms with Crippen LogP contribution in [0.4, 0.5) is 13.2 Å². The molecule has 0 aromatic heterocycles. The molecule has 0 spiro atoms. The van der Waals surface area contributed by atoms with Gasteiger partial charge in [-0.3, -0.25) is 4.79 Å². The van der Waals surface area contributed by atoms with Crippen LogP contribution in [0.5, 0.6) is 5.75 Å². The maximum atomic E-state index is 12.7. The van der Waals surface area contributed by atoms with Crippen molar-refractivity contribution in [2.75, 3.05) is 19.7 Å². The summed E-state index contributed by atoms with van der Waals surface area (Å²) < 4.78 is 42.7. The van der Waals surface area contributed by atoms with Gasteiger partial charge in [-0.15, -0.1) is 0 Å². The standard InChI is InChI=1S/C13H16F3NO3/c1-9(20-11-4-2-10(14)3-5-11)13(19)17(6-7-18)8-12(15)16/h2-5,9,12,18H,6-8H2,1H3. The van der Waals surface area contributed by atoms with Crippen LogP contribution in [0.3, 0.4) is 0 Å². The zero-order chi connectivity index (χ0) is 15.1. The van der Waals surface area contributed by atoms with E-state index in [9.17, 15) is 18.0 Å². The number of carbonyl (C=O) groups is 1. The molecule has 1 rings (SSSR count). The summed E-state index contributed by atoms with van der Waals surface area (Å²) in [6, 6.07) is 5.00. The molecule has 1 aromatic rings.